The van der Waals surface area contributed by atoms with E-state index < -0.39 is 4.92 Å². The molecule has 1 aliphatic heterocycles. The van der Waals surface area contributed by atoms with Crippen LogP contribution in [0.3, 0.4) is 0 Å². The molecule has 0 bridgehead atoms. The van der Waals surface area contributed by atoms with Gasteiger partial charge in [0.1, 0.15) is 10.8 Å². The summed E-state index contributed by atoms with van der Waals surface area (Å²) in [6.07, 6.45) is 12.6. The molecular formula is C18H19ClN2O3. The van der Waals surface area contributed by atoms with Crippen LogP contribution < -0.4 is 5.32 Å². The highest BCUT2D eigenvalue weighted by atomic mass is 35.5. The van der Waals surface area contributed by atoms with E-state index in [1.165, 1.54) is 6.07 Å². The van der Waals surface area contributed by atoms with Crippen molar-refractivity contribution in [2.24, 2.45) is 11.8 Å². The van der Waals surface area contributed by atoms with Crippen molar-refractivity contribution in [3.8, 4) is 5.75 Å². The molecule has 1 aromatic carbocycles. The monoisotopic (exact) mass is 346 g/mol. The largest absolute Gasteiger partial charge is 0.506 e. The normalized spacial score (nSPS) is 30.5. The SMILES string of the molecule is O=[N+]([O-])c1c(Cl)cc(O)c2c1[C@H]1C=CC[C@H]1[C@@H]([C@H]1CC=CCC1)N2. The van der Waals surface area contributed by atoms with E-state index in [9.17, 15) is 15.2 Å². The number of nitro groups is 1. The van der Waals surface area contributed by atoms with Crippen molar-refractivity contribution in [1.29, 1.82) is 0 Å². The number of nitrogens with one attached hydrogen (secondary N) is 1. The first-order chi connectivity index (χ1) is 11.6. The molecule has 0 amide bonds. The Morgan fingerprint density at radius 2 is 2.12 bits per heavy atom. The quantitative estimate of drug-likeness (QED) is 0.350. The zero-order chi connectivity index (χ0) is 16.8. The van der Waals surface area contributed by atoms with E-state index in [0.29, 0.717) is 17.2 Å². The van der Waals surface area contributed by atoms with Crippen LogP contribution >= 0.6 is 11.6 Å². The lowest BCUT2D eigenvalue weighted by Crippen LogP contribution is -2.42. The lowest BCUT2D eigenvalue weighted by molar-refractivity contribution is -0.385. The molecule has 24 heavy (non-hydrogen) atoms. The molecule has 2 N–H and O–H groups in total. The molecule has 3 aliphatic rings. The summed E-state index contributed by atoms with van der Waals surface area (Å²) < 4.78 is 0. The lowest BCUT2D eigenvalue weighted by Gasteiger charge is -2.41. The second-order valence-corrected chi connectivity index (χ2v) is 7.25. The van der Waals surface area contributed by atoms with Crippen LogP contribution in [-0.4, -0.2) is 16.1 Å². The van der Waals surface area contributed by atoms with Gasteiger partial charge in [0.25, 0.3) is 5.69 Å². The fourth-order valence-electron chi connectivity index (χ4n) is 4.54. The first kappa shape index (κ1) is 15.5. The summed E-state index contributed by atoms with van der Waals surface area (Å²) in [4.78, 5) is 11.1. The average Bonchev–Trinajstić information content (AvgIpc) is 3.04. The average molecular weight is 347 g/mol. The third kappa shape index (κ3) is 2.30. The minimum absolute atomic E-state index is 0.00357. The first-order valence-electron chi connectivity index (χ1n) is 8.36. The van der Waals surface area contributed by atoms with Gasteiger partial charge in [0.2, 0.25) is 0 Å². The minimum Gasteiger partial charge on any atom is -0.506 e. The maximum absolute atomic E-state index is 11.6. The number of hydrogen-bond acceptors (Lipinski definition) is 4. The van der Waals surface area contributed by atoms with Crippen molar-refractivity contribution in [2.75, 3.05) is 5.32 Å². The van der Waals surface area contributed by atoms with Crippen molar-refractivity contribution in [3.63, 3.8) is 0 Å². The zero-order valence-corrected chi connectivity index (χ0v) is 13.9. The van der Waals surface area contributed by atoms with Crippen LogP contribution in [0.2, 0.25) is 5.02 Å². The molecule has 1 heterocycles. The van der Waals surface area contributed by atoms with Gasteiger partial charge in [0.15, 0.2) is 0 Å². The summed E-state index contributed by atoms with van der Waals surface area (Å²) in [7, 11) is 0. The summed E-state index contributed by atoms with van der Waals surface area (Å²) in [5.74, 6) is 0.674. The molecule has 5 nitrogen and oxygen atoms in total. The Bertz CT molecular complexity index is 759. The van der Waals surface area contributed by atoms with Crippen LogP contribution in [0.15, 0.2) is 30.4 Å². The van der Waals surface area contributed by atoms with E-state index >= 15 is 0 Å². The van der Waals surface area contributed by atoms with Crippen molar-refractivity contribution in [2.45, 2.75) is 37.6 Å². The van der Waals surface area contributed by atoms with Crippen molar-refractivity contribution < 1.29 is 10.0 Å². The highest BCUT2D eigenvalue weighted by molar-refractivity contribution is 6.33. The predicted molar refractivity (Wildman–Crippen MR) is 93.7 cm³/mol. The maximum Gasteiger partial charge on any atom is 0.293 e. The van der Waals surface area contributed by atoms with Gasteiger partial charge in [-0.05, 0) is 37.5 Å². The molecule has 4 rings (SSSR count). The molecule has 0 aromatic heterocycles. The minimum atomic E-state index is -0.435. The number of hydrogen-bond donors (Lipinski definition) is 2. The molecular weight excluding hydrogens is 328 g/mol. The number of halogens is 1. The number of fused-ring (bicyclic) bond motifs is 3. The number of rotatable bonds is 2. The fraction of sp³-hybridized carbons (Fsp3) is 0.444. The van der Waals surface area contributed by atoms with Gasteiger partial charge >= 0.3 is 0 Å². The number of phenolic OH excluding ortho intramolecular Hbond substituents is 1. The number of allylic oxidation sites excluding steroid dienone is 4. The molecule has 4 atom stereocenters. The van der Waals surface area contributed by atoms with E-state index in [2.05, 4.69) is 23.5 Å². The van der Waals surface area contributed by atoms with Crippen LogP contribution in [-0.2, 0) is 0 Å². The topological polar surface area (TPSA) is 75.4 Å². The second kappa shape index (κ2) is 5.81. The molecule has 0 saturated heterocycles. The van der Waals surface area contributed by atoms with E-state index in [1.807, 2.05) is 6.08 Å². The maximum atomic E-state index is 11.6. The highest BCUT2D eigenvalue weighted by Crippen LogP contribution is 2.54. The summed E-state index contributed by atoms with van der Waals surface area (Å²) in [6.45, 7) is 0. The number of nitro benzene ring substituents is 1. The summed E-state index contributed by atoms with van der Waals surface area (Å²) in [5.41, 5.74) is 0.935. The highest BCUT2D eigenvalue weighted by Gasteiger charge is 2.45. The van der Waals surface area contributed by atoms with E-state index in [-0.39, 0.29) is 34.3 Å². The van der Waals surface area contributed by atoms with Gasteiger partial charge in [-0.25, -0.2) is 0 Å². The Morgan fingerprint density at radius 3 is 2.83 bits per heavy atom. The smallest absolute Gasteiger partial charge is 0.293 e. The van der Waals surface area contributed by atoms with Crippen molar-refractivity contribution in [3.05, 3.63) is 51.1 Å². The van der Waals surface area contributed by atoms with Crippen LogP contribution in [0.1, 0.15) is 37.2 Å². The first-order valence-corrected chi connectivity index (χ1v) is 8.73. The fourth-order valence-corrected chi connectivity index (χ4v) is 4.82. The van der Waals surface area contributed by atoms with Crippen molar-refractivity contribution in [1.82, 2.24) is 0 Å². The van der Waals surface area contributed by atoms with Crippen LogP contribution in [0, 0.1) is 22.0 Å². The number of anilines is 1. The number of nitrogens with zero attached hydrogens (tertiary/aromatic N) is 1. The van der Waals surface area contributed by atoms with Crippen molar-refractivity contribution >= 4 is 23.0 Å². The third-order valence-corrected chi connectivity index (χ3v) is 5.88. The third-order valence-electron chi connectivity index (χ3n) is 5.59. The molecule has 0 spiro atoms. The molecule has 6 heteroatoms. The summed E-state index contributed by atoms with van der Waals surface area (Å²) >= 11 is 6.07. The molecule has 0 fully saturated rings. The van der Waals surface area contributed by atoms with Crippen LogP contribution in [0.5, 0.6) is 5.75 Å². The zero-order valence-electron chi connectivity index (χ0n) is 13.1. The molecule has 2 aliphatic carbocycles. The van der Waals surface area contributed by atoms with Gasteiger partial charge in [0.05, 0.1) is 16.2 Å². The second-order valence-electron chi connectivity index (χ2n) is 6.84. The molecule has 126 valence electrons. The Kier molecular flexibility index (Phi) is 3.76. The van der Waals surface area contributed by atoms with Gasteiger partial charge in [-0.3, -0.25) is 10.1 Å². The Balaban J connectivity index is 1.84. The number of benzene rings is 1. The molecule has 0 radical (unpaired) electrons. The molecule has 0 unspecified atom stereocenters. The van der Waals surface area contributed by atoms with E-state index in [0.717, 1.165) is 25.7 Å². The standard InChI is InChI=1S/C18H19ClN2O3/c19-13-9-14(22)17-15(18(13)21(23)24)11-7-4-8-12(11)16(20-17)10-5-2-1-3-6-10/h1-2,4,7,9-12,16,20,22H,3,5-6,8H2/t10-,11-,12+,16+/m0/s1. The van der Waals surface area contributed by atoms with Gasteiger partial charge in [-0.1, -0.05) is 35.9 Å². The van der Waals surface area contributed by atoms with Gasteiger partial charge in [-0.15, -0.1) is 0 Å². The molecule has 0 saturated carbocycles. The van der Waals surface area contributed by atoms with E-state index in [1.54, 1.807) is 0 Å². The molecule has 1 aromatic rings. The Hall–Kier alpha value is -2.01. The summed E-state index contributed by atoms with van der Waals surface area (Å²) in [5, 5.41) is 25.4. The number of phenols is 1. The van der Waals surface area contributed by atoms with Crippen LogP contribution in [0.4, 0.5) is 11.4 Å². The summed E-state index contributed by atoms with van der Waals surface area (Å²) in [6, 6.07) is 1.48. The Morgan fingerprint density at radius 1 is 1.29 bits per heavy atom. The Labute approximate surface area is 145 Å². The van der Waals surface area contributed by atoms with Crippen LogP contribution in [0.25, 0.3) is 0 Å². The number of aromatic hydroxyl groups is 1. The van der Waals surface area contributed by atoms with Gasteiger partial charge in [-0.2, -0.15) is 0 Å². The lowest BCUT2D eigenvalue weighted by atomic mass is 9.71. The van der Waals surface area contributed by atoms with Gasteiger partial charge < -0.3 is 10.4 Å². The van der Waals surface area contributed by atoms with E-state index in [4.69, 9.17) is 11.6 Å². The van der Waals surface area contributed by atoms with Gasteiger partial charge in [0, 0.05) is 18.0 Å². The predicted octanol–water partition coefficient (Wildman–Crippen LogP) is 4.76.